The number of fused-ring (bicyclic) bond motifs is 1. The number of halogens is 1. The summed E-state index contributed by atoms with van der Waals surface area (Å²) in [5.74, 6) is 0.330. The molecule has 0 saturated heterocycles. The molecule has 0 aliphatic rings. The first-order valence-corrected chi connectivity index (χ1v) is 6.87. The number of hydrogen-bond acceptors (Lipinski definition) is 3. The maximum absolute atomic E-state index is 13.6. The van der Waals surface area contributed by atoms with E-state index in [-0.39, 0.29) is 5.82 Å². The molecule has 3 rings (SSSR count). The van der Waals surface area contributed by atoms with Crippen LogP contribution in [0.15, 0.2) is 30.5 Å². The van der Waals surface area contributed by atoms with Gasteiger partial charge in [-0.25, -0.2) is 9.37 Å². The Hall–Kier alpha value is -2.21. The Morgan fingerprint density at radius 1 is 1.38 bits per heavy atom. The van der Waals surface area contributed by atoms with E-state index < -0.39 is 0 Å². The van der Waals surface area contributed by atoms with E-state index in [1.807, 2.05) is 10.6 Å². The van der Waals surface area contributed by atoms with Crippen molar-refractivity contribution in [2.75, 3.05) is 7.11 Å². The summed E-state index contributed by atoms with van der Waals surface area (Å²) < 4.78 is 21.1. The molecule has 0 unspecified atom stereocenters. The van der Waals surface area contributed by atoms with Crippen LogP contribution in [-0.4, -0.2) is 21.6 Å². The quantitative estimate of drug-likeness (QED) is 0.752. The van der Waals surface area contributed by atoms with E-state index in [1.165, 1.54) is 6.07 Å². The topological polar surface area (TPSA) is 42.8 Å². The van der Waals surface area contributed by atoms with Crippen LogP contribution in [0.4, 0.5) is 4.39 Å². The molecule has 21 heavy (non-hydrogen) atoms. The minimum atomic E-state index is -0.239. The van der Waals surface area contributed by atoms with Crippen LogP contribution < -0.4 is 4.74 Å². The molecule has 2 heterocycles. The van der Waals surface area contributed by atoms with E-state index in [4.69, 9.17) is 17.0 Å². The van der Waals surface area contributed by atoms with Crippen molar-refractivity contribution in [1.29, 1.82) is 0 Å². The average Bonchev–Trinajstić information content (AvgIpc) is 2.76. The van der Waals surface area contributed by atoms with Crippen LogP contribution in [0, 0.1) is 17.5 Å². The van der Waals surface area contributed by atoms with Crippen molar-refractivity contribution in [3.63, 3.8) is 0 Å². The van der Waals surface area contributed by atoms with Gasteiger partial charge in [0.2, 0.25) is 5.88 Å². The molecule has 4 nitrogen and oxygen atoms in total. The third kappa shape index (κ3) is 2.54. The Kier molecular flexibility index (Phi) is 3.47. The van der Waals surface area contributed by atoms with Gasteiger partial charge in [-0.3, -0.25) is 0 Å². The van der Waals surface area contributed by atoms with Crippen molar-refractivity contribution in [2.45, 2.75) is 13.5 Å². The number of hydrogen-bond donors (Lipinski definition) is 1. The Morgan fingerprint density at radius 3 is 2.86 bits per heavy atom. The summed E-state index contributed by atoms with van der Waals surface area (Å²) in [7, 11) is 1.58. The first-order valence-electron chi connectivity index (χ1n) is 6.46. The largest absolute Gasteiger partial charge is 0.481 e. The van der Waals surface area contributed by atoms with Gasteiger partial charge in [0.15, 0.2) is 4.77 Å². The molecule has 0 amide bonds. The molecule has 0 fully saturated rings. The van der Waals surface area contributed by atoms with Gasteiger partial charge in [0.25, 0.3) is 0 Å². The summed E-state index contributed by atoms with van der Waals surface area (Å²) in [6, 6.07) is 7.01. The van der Waals surface area contributed by atoms with Gasteiger partial charge < -0.3 is 14.3 Å². The first-order chi connectivity index (χ1) is 10.1. The maximum Gasteiger partial charge on any atom is 0.212 e. The summed E-state index contributed by atoms with van der Waals surface area (Å²) >= 11 is 5.33. The highest BCUT2D eigenvalue weighted by atomic mass is 32.1. The Labute approximate surface area is 126 Å². The summed E-state index contributed by atoms with van der Waals surface area (Å²) in [6.45, 7) is 2.31. The summed E-state index contributed by atoms with van der Waals surface area (Å²) in [6.07, 6.45) is 1.75. The number of rotatable bonds is 3. The molecular formula is C15H14FN3OS. The van der Waals surface area contributed by atoms with Crippen LogP contribution >= 0.6 is 12.2 Å². The fraction of sp³-hybridized carbons (Fsp3) is 0.200. The van der Waals surface area contributed by atoms with Crippen molar-refractivity contribution in [3.8, 4) is 5.88 Å². The highest BCUT2D eigenvalue weighted by Gasteiger charge is 2.09. The fourth-order valence-electron chi connectivity index (χ4n) is 2.25. The lowest BCUT2D eigenvalue weighted by Gasteiger charge is -2.06. The van der Waals surface area contributed by atoms with Gasteiger partial charge in [-0.15, -0.1) is 0 Å². The number of H-pyrrole nitrogens is 1. The Balaban J connectivity index is 2.05. The molecule has 0 radical (unpaired) electrons. The molecule has 3 aromatic rings. The molecule has 0 saturated carbocycles. The lowest BCUT2D eigenvalue weighted by molar-refractivity contribution is 0.397. The fourth-order valence-corrected chi connectivity index (χ4v) is 2.52. The van der Waals surface area contributed by atoms with Crippen molar-refractivity contribution < 1.29 is 9.13 Å². The van der Waals surface area contributed by atoms with Crippen LogP contribution in [0.2, 0.25) is 0 Å². The van der Waals surface area contributed by atoms with E-state index in [1.54, 1.807) is 32.4 Å². The van der Waals surface area contributed by atoms with Gasteiger partial charge >= 0.3 is 0 Å². The number of imidazole rings is 1. The number of aromatic amines is 1. The van der Waals surface area contributed by atoms with Crippen molar-refractivity contribution >= 4 is 23.3 Å². The number of benzene rings is 1. The van der Waals surface area contributed by atoms with Gasteiger partial charge in [-0.1, -0.05) is 6.07 Å². The second-order valence-electron chi connectivity index (χ2n) is 4.84. The third-order valence-corrected chi connectivity index (χ3v) is 3.72. The number of aromatic nitrogens is 3. The number of nitrogens with zero attached hydrogens (tertiary/aromatic N) is 2. The molecule has 0 bridgehead atoms. The van der Waals surface area contributed by atoms with Crippen molar-refractivity contribution in [3.05, 3.63) is 52.2 Å². The molecule has 0 aliphatic carbocycles. The smallest absolute Gasteiger partial charge is 0.212 e. The van der Waals surface area contributed by atoms with Crippen LogP contribution in [0.3, 0.4) is 0 Å². The monoisotopic (exact) mass is 303 g/mol. The number of pyridine rings is 1. The van der Waals surface area contributed by atoms with Gasteiger partial charge in [-0.05, 0) is 42.4 Å². The second kappa shape index (κ2) is 5.29. The van der Waals surface area contributed by atoms with E-state index in [0.717, 1.165) is 11.1 Å². The van der Waals surface area contributed by atoms with E-state index in [2.05, 4.69) is 9.97 Å². The number of ether oxygens (including phenoxy) is 1. The zero-order valence-electron chi connectivity index (χ0n) is 11.7. The normalized spacial score (nSPS) is 11.0. The van der Waals surface area contributed by atoms with Crippen LogP contribution in [0.1, 0.15) is 11.1 Å². The zero-order chi connectivity index (χ0) is 15.0. The molecular weight excluding hydrogens is 289 g/mol. The van der Waals surface area contributed by atoms with E-state index in [0.29, 0.717) is 28.3 Å². The molecule has 1 aromatic carbocycles. The van der Waals surface area contributed by atoms with Gasteiger partial charge in [-0.2, -0.15) is 0 Å². The predicted octanol–water partition coefficient (Wildman–Crippen LogP) is 3.60. The predicted molar refractivity (Wildman–Crippen MR) is 81.7 cm³/mol. The molecule has 2 aromatic heterocycles. The average molecular weight is 303 g/mol. The lowest BCUT2D eigenvalue weighted by Crippen LogP contribution is -2.01. The van der Waals surface area contributed by atoms with E-state index >= 15 is 0 Å². The Bertz CT molecular complexity index is 852. The Morgan fingerprint density at radius 2 is 2.19 bits per heavy atom. The van der Waals surface area contributed by atoms with E-state index in [9.17, 15) is 4.39 Å². The molecule has 1 N–H and O–H groups in total. The number of methoxy groups -OCH3 is 1. The molecule has 0 spiro atoms. The molecule has 108 valence electrons. The van der Waals surface area contributed by atoms with Crippen LogP contribution in [-0.2, 0) is 6.54 Å². The summed E-state index contributed by atoms with van der Waals surface area (Å²) in [5.41, 5.74) is 3.17. The molecule has 0 aliphatic heterocycles. The zero-order valence-corrected chi connectivity index (χ0v) is 12.5. The molecule has 6 heteroatoms. The van der Waals surface area contributed by atoms with Crippen LogP contribution in [0.5, 0.6) is 5.88 Å². The maximum atomic E-state index is 13.6. The minimum absolute atomic E-state index is 0.239. The van der Waals surface area contributed by atoms with Crippen molar-refractivity contribution in [1.82, 2.24) is 14.5 Å². The van der Waals surface area contributed by atoms with Gasteiger partial charge in [0, 0.05) is 12.3 Å². The lowest BCUT2D eigenvalue weighted by atomic mass is 10.2. The number of aryl methyl sites for hydroxylation is 1. The van der Waals surface area contributed by atoms with Gasteiger partial charge in [0.05, 0.1) is 24.7 Å². The highest BCUT2D eigenvalue weighted by Crippen LogP contribution is 2.20. The van der Waals surface area contributed by atoms with Gasteiger partial charge in [0.1, 0.15) is 5.82 Å². The number of nitrogens with one attached hydrogen (secondary N) is 1. The SMILES string of the molecule is COc1ccc(Cn2c(=S)[nH]c3cc(F)c(C)cc32)cn1. The summed E-state index contributed by atoms with van der Waals surface area (Å²) in [5, 5.41) is 0. The second-order valence-corrected chi connectivity index (χ2v) is 5.23. The standard InChI is InChI=1S/C15H14FN3OS/c1-9-5-13-12(6-11(9)16)18-15(21)19(13)8-10-3-4-14(20-2)17-7-10/h3-7H,8H2,1-2H3,(H,18,21). The summed E-state index contributed by atoms with van der Waals surface area (Å²) in [4.78, 5) is 7.21. The first kappa shape index (κ1) is 13.8. The van der Waals surface area contributed by atoms with Crippen molar-refractivity contribution in [2.24, 2.45) is 0 Å². The minimum Gasteiger partial charge on any atom is -0.481 e. The molecule has 0 atom stereocenters. The third-order valence-electron chi connectivity index (χ3n) is 3.40. The highest BCUT2D eigenvalue weighted by molar-refractivity contribution is 7.71. The van der Waals surface area contributed by atoms with Crippen LogP contribution in [0.25, 0.3) is 11.0 Å².